The molecule has 2 fully saturated rings. The molecule has 3 heterocycles. The molecule has 178 valence electrons. The Balaban J connectivity index is 1.50. The maximum atomic E-state index is 6.21. The van der Waals surface area contributed by atoms with Crippen molar-refractivity contribution in [2.75, 3.05) is 39.6 Å². The Kier molecular flexibility index (Phi) is 6.78. The molecule has 2 atom stereocenters. The molecule has 0 N–H and O–H groups in total. The van der Waals surface area contributed by atoms with E-state index in [1.807, 2.05) is 24.3 Å². The summed E-state index contributed by atoms with van der Waals surface area (Å²) in [5.41, 5.74) is 1.49. The fourth-order valence-corrected chi connectivity index (χ4v) is 3.59. The number of ether oxygens (including phenoxy) is 6. The Morgan fingerprint density at radius 1 is 0.667 bits per heavy atom. The lowest BCUT2D eigenvalue weighted by Gasteiger charge is -2.13. The van der Waals surface area contributed by atoms with Crippen LogP contribution in [0.4, 0.5) is 0 Å². The van der Waals surface area contributed by atoms with E-state index >= 15 is 0 Å². The maximum Gasteiger partial charge on any atom is 0.164 e. The highest BCUT2D eigenvalue weighted by Crippen LogP contribution is 2.42. The number of rotatable bonds is 14. The van der Waals surface area contributed by atoms with Crippen LogP contribution < -0.4 is 18.9 Å². The average molecular weight is 457 g/mol. The molecular formula is C26H32O7. The Hall–Kier alpha value is -2.64. The van der Waals surface area contributed by atoms with E-state index in [4.69, 9.17) is 32.8 Å². The minimum Gasteiger partial charge on any atom is -0.490 e. The lowest BCUT2D eigenvalue weighted by molar-refractivity contribution is 0.240. The molecule has 3 aromatic rings. The zero-order valence-electron chi connectivity index (χ0n) is 19.4. The highest BCUT2D eigenvalue weighted by Gasteiger charge is 2.26. The molecule has 2 aliphatic heterocycles. The van der Waals surface area contributed by atoms with Crippen molar-refractivity contribution in [3.63, 3.8) is 0 Å². The Morgan fingerprint density at radius 2 is 1.09 bits per heavy atom. The van der Waals surface area contributed by atoms with Gasteiger partial charge in [0.2, 0.25) is 0 Å². The largest absolute Gasteiger partial charge is 0.490 e. The van der Waals surface area contributed by atoms with Crippen molar-refractivity contribution in [1.82, 2.24) is 0 Å². The van der Waals surface area contributed by atoms with Gasteiger partial charge >= 0.3 is 0 Å². The van der Waals surface area contributed by atoms with E-state index in [0.29, 0.717) is 49.4 Å². The fourth-order valence-electron chi connectivity index (χ4n) is 3.59. The molecule has 0 radical (unpaired) electrons. The van der Waals surface area contributed by atoms with Crippen molar-refractivity contribution in [2.24, 2.45) is 0 Å². The quantitative estimate of drug-likeness (QED) is 0.234. The lowest BCUT2D eigenvalue weighted by atomic mass is 10.1. The number of hydrogen-bond acceptors (Lipinski definition) is 7. The van der Waals surface area contributed by atoms with E-state index in [2.05, 4.69) is 13.8 Å². The molecule has 0 bridgehead atoms. The van der Waals surface area contributed by atoms with Crippen LogP contribution in [-0.4, -0.2) is 51.8 Å². The van der Waals surface area contributed by atoms with Gasteiger partial charge in [-0.25, -0.2) is 0 Å². The lowest BCUT2D eigenvalue weighted by Crippen LogP contribution is -2.06. The van der Waals surface area contributed by atoms with Gasteiger partial charge in [0, 0.05) is 22.9 Å². The average Bonchev–Trinajstić information content (AvgIpc) is 3.74. The van der Waals surface area contributed by atoms with Gasteiger partial charge in [-0.05, 0) is 25.0 Å². The molecule has 2 aromatic carbocycles. The number of hydrogen-bond donors (Lipinski definition) is 0. The summed E-state index contributed by atoms with van der Waals surface area (Å²) in [7, 11) is 0. The van der Waals surface area contributed by atoms with E-state index in [1.165, 1.54) is 0 Å². The molecule has 0 amide bonds. The highest BCUT2D eigenvalue weighted by molar-refractivity contribution is 6.07. The van der Waals surface area contributed by atoms with Gasteiger partial charge in [0.25, 0.3) is 0 Å². The molecule has 2 unspecified atom stereocenters. The molecule has 0 spiro atoms. The third kappa shape index (κ3) is 5.47. The summed E-state index contributed by atoms with van der Waals surface area (Å²) in [6.07, 6.45) is 4.42. The van der Waals surface area contributed by atoms with Crippen LogP contribution in [0.5, 0.6) is 23.0 Å². The summed E-state index contributed by atoms with van der Waals surface area (Å²) < 4.78 is 41.0. The van der Waals surface area contributed by atoms with Gasteiger partial charge in [-0.2, -0.15) is 0 Å². The predicted molar refractivity (Wildman–Crippen MR) is 125 cm³/mol. The fraction of sp³-hybridized carbons (Fsp3) is 0.538. The molecular weight excluding hydrogens is 424 g/mol. The van der Waals surface area contributed by atoms with Crippen molar-refractivity contribution in [2.45, 2.75) is 51.7 Å². The number of unbranched alkanes of at least 4 members (excludes halogenated alkanes) is 2. The van der Waals surface area contributed by atoms with Crippen molar-refractivity contribution in [3.05, 3.63) is 24.3 Å². The monoisotopic (exact) mass is 456 g/mol. The maximum absolute atomic E-state index is 6.21. The summed E-state index contributed by atoms with van der Waals surface area (Å²) in [4.78, 5) is 0. The Bertz CT molecular complexity index is 997. The molecule has 33 heavy (non-hydrogen) atoms. The highest BCUT2D eigenvalue weighted by atomic mass is 16.6. The standard InChI is InChI=1S/C26H32O7/c1-3-5-7-27-25-11-21-19(9-23(25)31-15-17-13-29-17)20-10-24(32-16-18-14-30-18)26(12-22(20)33-21)28-8-6-4-2/h9-12,17-18H,3-8,13-16H2,1-2H3. The van der Waals surface area contributed by atoms with Crippen molar-refractivity contribution >= 4 is 21.9 Å². The van der Waals surface area contributed by atoms with Crippen molar-refractivity contribution in [1.29, 1.82) is 0 Å². The number of benzene rings is 2. The van der Waals surface area contributed by atoms with Crippen LogP contribution in [0.1, 0.15) is 39.5 Å². The smallest absolute Gasteiger partial charge is 0.164 e. The first-order valence-corrected chi connectivity index (χ1v) is 12.0. The molecule has 2 aliphatic rings. The van der Waals surface area contributed by atoms with E-state index in [9.17, 15) is 0 Å². The van der Waals surface area contributed by atoms with E-state index in [-0.39, 0.29) is 12.2 Å². The van der Waals surface area contributed by atoms with Crippen molar-refractivity contribution < 1.29 is 32.8 Å². The van der Waals surface area contributed by atoms with Gasteiger partial charge in [-0.15, -0.1) is 0 Å². The number of furan rings is 1. The summed E-state index contributed by atoms with van der Waals surface area (Å²) in [5.74, 6) is 2.79. The summed E-state index contributed by atoms with van der Waals surface area (Å²) >= 11 is 0. The van der Waals surface area contributed by atoms with Crippen LogP contribution in [0.3, 0.4) is 0 Å². The number of epoxide rings is 2. The van der Waals surface area contributed by atoms with Gasteiger partial charge in [0.05, 0.1) is 26.4 Å². The SMILES string of the molecule is CCCCOc1cc2oc3cc(OCCCC)c(OCC4CO4)cc3c2cc1OCC1CO1. The van der Waals surface area contributed by atoms with E-state index in [0.717, 1.165) is 60.8 Å². The van der Waals surface area contributed by atoms with Crippen LogP contribution in [0.25, 0.3) is 21.9 Å². The molecule has 7 nitrogen and oxygen atoms in total. The molecule has 0 aliphatic carbocycles. The van der Waals surface area contributed by atoms with Crippen molar-refractivity contribution in [3.8, 4) is 23.0 Å². The van der Waals surface area contributed by atoms with E-state index in [1.54, 1.807) is 0 Å². The van der Waals surface area contributed by atoms with Crippen LogP contribution in [-0.2, 0) is 9.47 Å². The zero-order chi connectivity index (χ0) is 22.6. The molecule has 7 heteroatoms. The Morgan fingerprint density at radius 3 is 1.48 bits per heavy atom. The molecule has 2 saturated heterocycles. The summed E-state index contributed by atoms with van der Waals surface area (Å²) in [5, 5.41) is 1.90. The first kappa shape index (κ1) is 22.2. The molecule has 5 rings (SSSR count). The first-order chi connectivity index (χ1) is 16.2. The van der Waals surface area contributed by atoms with Crippen LogP contribution >= 0.6 is 0 Å². The van der Waals surface area contributed by atoms with Gasteiger partial charge in [0.1, 0.15) is 36.6 Å². The van der Waals surface area contributed by atoms with Crippen LogP contribution in [0, 0.1) is 0 Å². The second-order valence-electron chi connectivity index (χ2n) is 8.63. The van der Waals surface area contributed by atoms with Crippen LogP contribution in [0.15, 0.2) is 28.7 Å². The summed E-state index contributed by atoms with van der Waals surface area (Å²) in [6.45, 7) is 8.06. The minimum absolute atomic E-state index is 0.165. The molecule has 0 saturated carbocycles. The van der Waals surface area contributed by atoms with E-state index < -0.39 is 0 Å². The number of fused-ring (bicyclic) bond motifs is 3. The topological polar surface area (TPSA) is 75.1 Å². The third-order valence-corrected chi connectivity index (χ3v) is 5.77. The predicted octanol–water partition coefficient (Wildman–Crippen LogP) is 5.50. The normalized spacial score (nSPS) is 19.1. The second kappa shape index (κ2) is 10.1. The van der Waals surface area contributed by atoms with Gasteiger partial charge in [-0.1, -0.05) is 26.7 Å². The minimum atomic E-state index is 0.165. The third-order valence-electron chi connectivity index (χ3n) is 5.77. The molecule has 1 aromatic heterocycles. The zero-order valence-corrected chi connectivity index (χ0v) is 19.4. The summed E-state index contributed by atoms with van der Waals surface area (Å²) in [6, 6.07) is 7.83. The second-order valence-corrected chi connectivity index (χ2v) is 8.63. The van der Waals surface area contributed by atoms with Gasteiger partial charge < -0.3 is 32.8 Å². The van der Waals surface area contributed by atoms with Crippen LogP contribution in [0.2, 0.25) is 0 Å². The van der Waals surface area contributed by atoms with Gasteiger partial charge in [0.15, 0.2) is 23.0 Å². The van der Waals surface area contributed by atoms with Gasteiger partial charge in [-0.3, -0.25) is 0 Å². The first-order valence-electron chi connectivity index (χ1n) is 12.0. The Labute approximate surface area is 193 Å².